The van der Waals surface area contributed by atoms with Crippen LogP contribution in [0.15, 0.2) is 18.2 Å². The Morgan fingerprint density at radius 2 is 2.21 bits per heavy atom. The van der Waals surface area contributed by atoms with Crippen molar-refractivity contribution in [3.63, 3.8) is 0 Å². The quantitative estimate of drug-likeness (QED) is 0.552. The van der Waals surface area contributed by atoms with Crippen LogP contribution in [0.2, 0.25) is 5.02 Å². The summed E-state index contributed by atoms with van der Waals surface area (Å²) in [5.41, 5.74) is 5.69. The van der Waals surface area contributed by atoms with Gasteiger partial charge in [0, 0.05) is 11.1 Å². The van der Waals surface area contributed by atoms with E-state index in [1.54, 1.807) is 6.07 Å². The van der Waals surface area contributed by atoms with E-state index < -0.39 is 5.91 Å². The van der Waals surface area contributed by atoms with Gasteiger partial charge in [-0.25, -0.2) is 0 Å². The lowest BCUT2D eigenvalue weighted by atomic mass is 10.1. The third-order valence-corrected chi connectivity index (χ3v) is 1.80. The molecule has 70 valence electrons. The Morgan fingerprint density at radius 1 is 1.50 bits per heavy atom. The molecule has 0 heterocycles. The Morgan fingerprint density at radius 3 is 2.79 bits per heavy atom. The molecule has 1 amide bonds. The molecule has 0 aliphatic rings. The summed E-state index contributed by atoms with van der Waals surface area (Å²) in [4.78, 5) is 20.8. The number of nitrogens with two attached hydrogens (primary N) is 1. The number of benzene rings is 1. The first kappa shape index (κ1) is 10.3. The highest BCUT2D eigenvalue weighted by atomic mass is 35.5. The normalized spacial score (nSPS) is 8.64. The number of hydrogen-bond donors (Lipinski definition) is 1. The van der Waals surface area contributed by atoms with Gasteiger partial charge in [-0.15, -0.1) is 0 Å². The molecule has 0 radical (unpaired) electrons. The largest absolute Gasteiger partial charge is 0.359 e. The molecule has 0 fully saturated rings. The summed E-state index contributed by atoms with van der Waals surface area (Å²) in [5.74, 6) is 3.95. The maximum atomic E-state index is 10.5. The molecule has 0 spiro atoms. The molecule has 3 nitrogen and oxygen atoms in total. The maximum Gasteiger partial charge on any atom is 0.293 e. The van der Waals surface area contributed by atoms with Crippen LogP contribution in [0, 0.1) is 11.8 Å². The van der Waals surface area contributed by atoms with Crippen LogP contribution in [0.4, 0.5) is 0 Å². The fourth-order valence-corrected chi connectivity index (χ4v) is 1.01. The fourth-order valence-electron chi connectivity index (χ4n) is 0.846. The summed E-state index contributed by atoms with van der Waals surface area (Å²) in [7, 11) is 0. The van der Waals surface area contributed by atoms with Gasteiger partial charge in [-0.3, -0.25) is 9.59 Å². The van der Waals surface area contributed by atoms with Crippen molar-refractivity contribution in [2.24, 2.45) is 5.73 Å². The molecule has 0 unspecified atom stereocenters. The van der Waals surface area contributed by atoms with Crippen molar-refractivity contribution in [2.75, 3.05) is 0 Å². The molecular weight excluding hydrogens is 202 g/mol. The van der Waals surface area contributed by atoms with E-state index in [1.165, 1.54) is 12.1 Å². The molecule has 0 aliphatic heterocycles. The zero-order valence-electron chi connectivity index (χ0n) is 7.08. The first-order valence-electron chi connectivity index (χ1n) is 3.69. The van der Waals surface area contributed by atoms with Crippen LogP contribution >= 0.6 is 11.6 Å². The Labute approximate surface area is 85.9 Å². The molecular formula is C10H6ClNO2. The van der Waals surface area contributed by atoms with Gasteiger partial charge < -0.3 is 5.73 Å². The van der Waals surface area contributed by atoms with E-state index in [-0.39, 0.29) is 0 Å². The van der Waals surface area contributed by atoms with Gasteiger partial charge in [0.25, 0.3) is 5.91 Å². The predicted octanol–water partition coefficient (Wildman–Crippen LogP) is 0.989. The Kier molecular flexibility index (Phi) is 3.27. The van der Waals surface area contributed by atoms with Crippen LogP contribution < -0.4 is 5.73 Å². The summed E-state index contributed by atoms with van der Waals surface area (Å²) < 4.78 is 0. The highest BCUT2D eigenvalue weighted by molar-refractivity contribution is 6.32. The van der Waals surface area contributed by atoms with Crippen LogP contribution in [0.3, 0.4) is 0 Å². The molecule has 14 heavy (non-hydrogen) atoms. The summed E-state index contributed by atoms with van der Waals surface area (Å²) >= 11 is 5.69. The number of carbonyl (C=O) groups is 2. The van der Waals surface area contributed by atoms with Crippen LogP contribution in [0.5, 0.6) is 0 Å². The van der Waals surface area contributed by atoms with Gasteiger partial charge in [0.1, 0.15) is 0 Å². The van der Waals surface area contributed by atoms with E-state index in [9.17, 15) is 9.59 Å². The molecule has 1 rings (SSSR count). The average Bonchev–Trinajstić information content (AvgIpc) is 2.16. The molecule has 0 saturated carbocycles. The minimum absolute atomic E-state index is 0.336. The molecule has 2 N–H and O–H groups in total. The second-order valence-corrected chi connectivity index (χ2v) is 2.88. The first-order valence-corrected chi connectivity index (χ1v) is 4.07. The summed E-state index contributed by atoms with van der Waals surface area (Å²) in [6, 6.07) is 4.63. The zero-order chi connectivity index (χ0) is 10.6. The van der Waals surface area contributed by atoms with Gasteiger partial charge in [-0.2, -0.15) is 0 Å². The van der Waals surface area contributed by atoms with E-state index in [2.05, 4.69) is 11.8 Å². The smallest absolute Gasteiger partial charge is 0.293 e. The van der Waals surface area contributed by atoms with Gasteiger partial charge in [0.05, 0.1) is 5.02 Å². The third kappa shape index (κ3) is 2.61. The van der Waals surface area contributed by atoms with Crippen molar-refractivity contribution >= 4 is 23.8 Å². The first-order chi connectivity index (χ1) is 6.63. The minimum Gasteiger partial charge on any atom is -0.359 e. The number of hydrogen-bond acceptors (Lipinski definition) is 2. The number of carbonyl (C=O) groups excluding carboxylic acids is 2. The van der Waals surface area contributed by atoms with Crippen molar-refractivity contribution in [2.45, 2.75) is 0 Å². The molecule has 1 aromatic rings. The maximum absolute atomic E-state index is 10.5. The Balaban J connectivity index is 3.09. The minimum atomic E-state index is -0.715. The summed E-state index contributed by atoms with van der Waals surface area (Å²) in [5, 5.41) is 0.352. The Hall–Kier alpha value is -1.79. The van der Waals surface area contributed by atoms with Crippen molar-refractivity contribution < 1.29 is 9.59 Å². The van der Waals surface area contributed by atoms with Gasteiger partial charge >= 0.3 is 0 Å². The Bertz CT molecular complexity index is 443. The number of halogens is 1. The molecule has 0 atom stereocenters. The highest BCUT2D eigenvalue weighted by Crippen LogP contribution is 2.14. The van der Waals surface area contributed by atoms with Crippen molar-refractivity contribution in [3.05, 3.63) is 34.3 Å². The number of primary amides is 1. The molecule has 0 aromatic heterocycles. The molecule has 0 saturated heterocycles. The van der Waals surface area contributed by atoms with Crippen LogP contribution in [-0.2, 0) is 4.79 Å². The summed E-state index contributed by atoms with van der Waals surface area (Å²) in [6.07, 6.45) is 0.623. The zero-order valence-corrected chi connectivity index (χ0v) is 7.84. The van der Waals surface area contributed by atoms with E-state index in [4.69, 9.17) is 17.3 Å². The lowest BCUT2D eigenvalue weighted by Gasteiger charge is -1.95. The number of amides is 1. The van der Waals surface area contributed by atoms with E-state index in [0.29, 0.717) is 22.4 Å². The molecule has 1 aromatic carbocycles. The average molecular weight is 208 g/mol. The van der Waals surface area contributed by atoms with Gasteiger partial charge in [0.15, 0.2) is 6.29 Å². The van der Waals surface area contributed by atoms with E-state index in [1.807, 2.05) is 0 Å². The van der Waals surface area contributed by atoms with Crippen molar-refractivity contribution in [1.29, 1.82) is 0 Å². The third-order valence-electron chi connectivity index (χ3n) is 1.45. The molecule has 0 bridgehead atoms. The fraction of sp³-hybridized carbons (Fsp3) is 0. The molecule has 0 aliphatic carbocycles. The lowest BCUT2D eigenvalue weighted by molar-refractivity contribution is -0.112. The van der Waals surface area contributed by atoms with Gasteiger partial charge in [-0.1, -0.05) is 17.5 Å². The van der Waals surface area contributed by atoms with Crippen LogP contribution in [-0.4, -0.2) is 12.2 Å². The van der Waals surface area contributed by atoms with E-state index >= 15 is 0 Å². The van der Waals surface area contributed by atoms with Gasteiger partial charge in [0.2, 0.25) is 0 Å². The number of rotatable bonds is 1. The second-order valence-electron chi connectivity index (χ2n) is 2.47. The van der Waals surface area contributed by atoms with Crippen LogP contribution in [0.25, 0.3) is 0 Å². The number of aldehydes is 1. The van der Waals surface area contributed by atoms with Gasteiger partial charge in [-0.05, 0) is 24.1 Å². The summed E-state index contributed by atoms with van der Waals surface area (Å²) in [6.45, 7) is 0. The standard InChI is InChI=1S/C10H6ClNO2/c11-9-3-1-7(2-4-10(12)14)5-8(9)6-13/h1,3,5-6H,(H2,12,14). The lowest BCUT2D eigenvalue weighted by Crippen LogP contribution is -2.06. The van der Waals surface area contributed by atoms with E-state index in [0.717, 1.165) is 0 Å². The topological polar surface area (TPSA) is 60.2 Å². The van der Waals surface area contributed by atoms with Crippen molar-refractivity contribution in [1.82, 2.24) is 0 Å². The second kappa shape index (κ2) is 4.45. The monoisotopic (exact) mass is 207 g/mol. The highest BCUT2D eigenvalue weighted by Gasteiger charge is 1.98. The predicted molar refractivity (Wildman–Crippen MR) is 52.9 cm³/mol. The van der Waals surface area contributed by atoms with Crippen molar-refractivity contribution in [3.8, 4) is 11.8 Å². The SMILES string of the molecule is NC(=O)C#Cc1ccc(Cl)c(C=O)c1. The molecule has 4 heteroatoms. The van der Waals surface area contributed by atoms with Crippen LogP contribution in [0.1, 0.15) is 15.9 Å².